The fourth-order valence-electron chi connectivity index (χ4n) is 2.86. The molecule has 126 valence electrons. The van der Waals surface area contributed by atoms with Crippen molar-refractivity contribution in [1.82, 2.24) is 19.7 Å². The summed E-state index contributed by atoms with van der Waals surface area (Å²) < 4.78 is 8.33. The normalized spacial score (nSPS) is 11.1. The van der Waals surface area contributed by atoms with Crippen LogP contribution in [0.25, 0.3) is 22.4 Å². The maximum atomic E-state index is 5.73. The second-order valence-corrected chi connectivity index (χ2v) is 5.96. The molecule has 0 amide bonds. The van der Waals surface area contributed by atoms with Crippen LogP contribution in [0.5, 0.6) is 5.75 Å². The van der Waals surface area contributed by atoms with Gasteiger partial charge in [0.05, 0.1) is 17.9 Å². The fourth-order valence-corrected chi connectivity index (χ4v) is 3.15. The smallest absolute Gasteiger partial charge is 0.142 e. The lowest BCUT2D eigenvalue weighted by Crippen LogP contribution is -2.00. The third kappa shape index (κ3) is 2.94. The number of hydrogen-bond acceptors (Lipinski definition) is 4. The lowest BCUT2D eigenvalue weighted by Gasteiger charge is -2.10. The van der Waals surface area contributed by atoms with E-state index in [0.29, 0.717) is 11.2 Å². The molecular formula is C18H22N4OS. The van der Waals surface area contributed by atoms with Crippen molar-refractivity contribution in [1.29, 1.82) is 0 Å². The average molecular weight is 342 g/mol. The molecule has 2 aromatic heterocycles. The molecule has 0 aliphatic carbocycles. The standard InChI is InChI=1S/C18H22N4OS/c1-4-9-13-15-16(22(5-2)21-13)18(24)20-17(19-15)12-10-7-8-11-14(12)23-6-3/h7-8,10-11H,4-6,9H2,1-3H3,(H,19,20,24). The summed E-state index contributed by atoms with van der Waals surface area (Å²) >= 11 is 5.60. The summed E-state index contributed by atoms with van der Waals surface area (Å²) in [5.74, 6) is 1.53. The van der Waals surface area contributed by atoms with Gasteiger partial charge < -0.3 is 9.72 Å². The summed E-state index contributed by atoms with van der Waals surface area (Å²) in [5.41, 5.74) is 3.72. The van der Waals surface area contributed by atoms with E-state index in [1.54, 1.807) is 0 Å². The van der Waals surface area contributed by atoms with Crippen molar-refractivity contribution in [2.45, 2.75) is 40.2 Å². The van der Waals surface area contributed by atoms with Crippen LogP contribution in [0, 0.1) is 4.64 Å². The largest absolute Gasteiger partial charge is 0.493 e. The number of rotatable bonds is 6. The number of nitrogens with one attached hydrogen (secondary N) is 1. The molecule has 6 heteroatoms. The van der Waals surface area contributed by atoms with Gasteiger partial charge in [0.2, 0.25) is 0 Å². The molecule has 24 heavy (non-hydrogen) atoms. The van der Waals surface area contributed by atoms with Crippen LogP contribution in [0.15, 0.2) is 24.3 Å². The van der Waals surface area contributed by atoms with Gasteiger partial charge in [-0.05, 0) is 32.4 Å². The van der Waals surface area contributed by atoms with Gasteiger partial charge in [-0.25, -0.2) is 4.98 Å². The summed E-state index contributed by atoms with van der Waals surface area (Å²) in [6, 6.07) is 7.88. The Morgan fingerprint density at radius 1 is 1.21 bits per heavy atom. The predicted octanol–water partition coefficient (Wildman–Crippen LogP) is 4.53. The summed E-state index contributed by atoms with van der Waals surface area (Å²) in [4.78, 5) is 8.11. The van der Waals surface area contributed by atoms with Crippen LogP contribution in [-0.2, 0) is 13.0 Å². The Morgan fingerprint density at radius 2 is 2.00 bits per heavy atom. The molecule has 0 aliphatic rings. The van der Waals surface area contributed by atoms with Crippen LogP contribution in [0.1, 0.15) is 32.9 Å². The van der Waals surface area contributed by atoms with Gasteiger partial charge in [-0.15, -0.1) is 0 Å². The van der Waals surface area contributed by atoms with Crippen molar-refractivity contribution in [3.8, 4) is 17.1 Å². The van der Waals surface area contributed by atoms with E-state index in [9.17, 15) is 0 Å². The van der Waals surface area contributed by atoms with Crippen LogP contribution >= 0.6 is 12.2 Å². The number of ether oxygens (including phenoxy) is 1. The lowest BCUT2D eigenvalue weighted by molar-refractivity contribution is 0.341. The van der Waals surface area contributed by atoms with Gasteiger partial charge in [0.1, 0.15) is 27.2 Å². The van der Waals surface area contributed by atoms with Crippen molar-refractivity contribution in [2.75, 3.05) is 6.61 Å². The zero-order valence-corrected chi connectivity index (χ0v) is 15.1. The Labute approximate surface area is 146 Å². The second-order valence-electron chi connectivity index (χ2n) is 5.55. The number of para-hydroxylation sites is 1. The van der Waals surface area contributed by atoms with Crippen molar-refractivity contribution in [3.05, 3.63) is 34.6 Å². The number of aromatic amines is 1. The number of aryl methyl sites for hydroxylation is 2. The topological polar surface area (TPSA) is 55.7 Å². The molecule has 0 saturated carbocycles. The molecular weight excluding hydrogens is 320 g/mol. The number of H-pyrrole nitrogens is 1. The fraction of sp³-hybridized carbons (Fsp3) is 0.389. The van der Waals surface area contributed by atoms with E-state index in [0.717, 1.165) is 53.3 Å². The molecule has 0 spiro atoms. The van der Waals surface area contributed by atoms with E-state index in [4.69, 9.17) is 21.9 Å². The van der Waals surface area contributed by atoms with E-state index in [-0.39, 0.29) is 0 Å². The monoisotopic (exact) mass is 342 g/mol. The van der Waals surface area contributed by atoms with Crippen LogP contribution in [0.2, 0.25) is 0 Å². The van der Waals surface area contributed by atoms with Crippen LogP contribution < -0.4 is 4.74 Å². The minimum Gasteiger partial charge on any atom is -0.493 e. The molecule has 0 unspecified atom stereocenters. The maximum absolute atomic E-state index is 5.73. The first kappa shape index (κ1) is 16.6. The number of nitrogens with zero attached hydrogens (tertiary/aromatic N) is 3. The molecule has 2 heterocycles. The minimum atomic E-state index is 0.606. The molecule has 0 atom stereocenters. The Hall–Kier alpha value is -2.21. The van der Waals surface area contributed by atoms with E-state index in [1.165, 1.54) is 0 Å². The van der Waals surface area contributed by atoms with Gasteiger partial charge in [-0.2, -0.15) is 5.10 Å². The summed E-state index contributed by atoms with van der Waals surface area (Å²) in [5, 5.41) is 4.69. The highest BCUT2D eigenvalue weighted by Gasteiger charge is 2.16. The van der Waals surface area contributed by atoms with Gasteiger partial charge in [0.15, 0.2) is 0 Å². The Kier molecular flexibility index (Phi) is 4.94. The Morgan fingerprint density at radius 3 is 2.71 bits per heavy atom. The average Bonchev–Trinajstić information content (AvgIpc) is 2.94. The minimum absolute atomic E-state index is 0.606. The van der Waals surface area contributed by atoms with E-state index in [1.807, 2.05) is 35.9 Å². The van der Waals surface area contributed by atoms with E-state index in [2.05, 4.69) is 23.9 Å². The zero-order valence-electron chi connectivity index (χ0n) is 14.3. The van der Waals surface area contributed by atoms with Crippen molar-refractivity contribution in [2.24, 2.45) is 0 Å². The first-order valence-electron chi connectivity index (χ1n) is 8.41. The number of aromatic nitrogens is 4. The quantitative estimate of drug-likeness (QED) is 0.669. The summed E-state index contributed by atoms with van der Waals surface area (Å²) in [6.07, 6.45) is 1.91. The molecule has 5 nitrogen and oxygen atoms in total. The summed E-state index contributed by atoms with van der Waals surface area (Å²) in [6.45, 7) is 7.56. The van der Waals surface area contributed by atoms with Crippen molar-refractivity contribution >= 4 is 23.3 Å². The van der Waals surface area contributed by atoms with Crippen LogP contribution in [0.4, 0.5) is 0 Å². The molecule has 0 aliphatic heterocycles. The first-order chi connectivity index (χ1) is 11.7. The highest BCUT2D eigenvalue weighted by Crippen LogP contribution is 2.29. The predicted molar refractivity (Wildman–Crippen MR) is 99.0 cm³/mol. The highest BCUT2D eigenvalue weighted by atomic mass is 32.1. The summed E-state index contributed by atoms with van der Waals surface area (Å²) in [7, 11) is 0. The van der Waals surface area contributed by atoms with E-state index < -0.39 is 0 Å². The second kappa shape index (κ2) is 7.13. The van der Waals surface area contributed by atoms with Gasteiger partial charge in [-0.3, -0.25) is 4.68 Å². The zero-order chi connectivity index (χ0) is 17.1. The molecule has 1 N–H and O–H groups in total. The van der Waals surface area contributed by atoms with Gasteiger partial charge in [-0.1, -0.05) is 37.7 Å². The SMILES string of the molecule is CCCc1nn(CC)c2c(=S)[nH]c(-c3ccccc3OCC)nc12. The molecule has 3 rings (SSSR count). The van der Waals surface area contributed by atoms with Crippen LogP contribution in [-0.4, -0.2) is 26.4 Å². The van der Waals surface area contributed by atoms with Gasteiger partial charge in [0, 0.05) is 6.54 Å². The third-order valence-corrected chi connectivity index (χ3v) is 4.19. The van der Waals surface area contributed by atoms with Gasteiger partial charge >= 0.3 is 0 Å². The van der Waals surface area contributed by atoms with E-state index >= 15 is 0 Å². The molecule has 0 saturated heterocycles. The highest BCUT2D eigenvalue weighted by molar-refractivity contribution is 7.71. The number of hydrogen-bond donors (Lipinski definition) is 1. The molecule has 1 aromatic carbocycles. The molecule has 3 aromatic rings. The van der Waals surface area contributed by atoms with Crippen molar-refractivity contribution in [3.63, 3.8) is 0 Å². The van der Waals surface area contributed by atoms with Crippen LogP contribution in [0.3, 0.4) is 0 Å². The number of benzene rings is 1. The van der Waals surface area contributed by atoms with Gasteiger partial charge in [0.25, 0.3) is 0 Å². The Balaban J connectivity index is 2.24. The van der Waals surface area contributed by atoms with Crippen molar-refractivity contribution < 1.29 is 4.74 Å². The third-order valence-electron chi connectivity index (χ3n) is 3.90. The Bertz CT molecular complexity index is 913. The number of fused-ring (bicyclic) bond motifs is 1. The lowest BCUT2D eigenvalue weighted by atomic mass is 10.1. The molecule has 0 fully saturated rings. The molecule has 0 bridgehead atoms. The first-order valence-corrected chi connectivity index (χ1v) is 8.82. The molecule has 0 radical (unpaired) electrons. The maximum Gasteiger partial charge on any atom is 0.142 e.